The summed E-state index contributed by atoms with van der Waals surface area (Å²) in [6, 6.07) is 0. The van der Waals surface area contributed by atoms with Crippen molar-refractivity contribution in [3.8, 4) is 12.3 Å². The second-order valence-corrected chi connectivity index (χ2v) is 2.77. The van der Waals surface area contributed by atoms with Crippen molar-refractivity contribution in [2.24, 2.45) is 0 Å². The first-order valence-electron chi connectivity index (χ1n) is 3.72. The topological polar surface area (TPSA) is 113 Å². The molecule has 0 amide bonds. The van der Waals surface area contributed by atoms with Crippen molar-refractivity contribution in [1.82, 2.24) is 0 Å². The molecule has 0 aromatic carbocycles. The molecule has 0 aliphatic heterocycles. The molecule has 0 heterocycles. The first-order valence-corrected chi connectivity index (χ1v) is 3.72. The van der Waals surface area contributed by atoms with Gasteiger partial charge in [0.1, 0.15) is 16.3 Å². The van der Waals surface area contributed by atoms with Crippen molar-refractivity contribution in [2.75, 3.05) is 6.61 Å². The number of nitro groups is 2. The van der Waals surface area contributed by atoms with Crippen molar-refractivity contribution >= 4 is 5.97 Å². The monoisotopic (exact) mass is 216 g/mol. The van der Waals surface area contributed by atoms with Gasteiger partial charge < -0.3 is 4.74 Å². The van der Waals surface area contributed by atoms with E-state index in [4.69, 9.17) is 6.42 Å². The molecule has 0 aliphatic rings. The normalized spacial score (nSPS) is 10.1. The molecule has 0 saturated heterocycles. The molecule has 0 saturated carbocycles. The van der Waals surface area contributed by atoms with Gasteiger partial charge in [0.25, 0.3) is 0 Å². The van der Waals surface area contributed by atoms with E-state index >= 15 is 0 Å². The van der Waals surface area contributed by atoms with Crippen LogP contribution in [0.1, 0.15) is 13.3 Å². The number of terminal acetylenes is 1. The highest BCUT2D eigenvalue weighted by Crippen LogP contribution is 2.10. The summed E-state index contributed by atoms with van der Waals surface area (Å²) in [4.78, 5) is 29.2. The quantitative estimate of drug-likeness (QED) is 0.207. The van der Waals surface area contributed by atoms with E-state index in [0.29, 0.717) is 0 Å². The predicted octanol–water partition coefficient (Wildman–Crippen LogP) is -0.177. The molecule has 15 heavy (non-hydrogen) atoms. The van der Waals surface area contributed by atoms with Crippen LogP contribution in [0, 0.1) is 32.6 Å². The first kappa shape index (κ1) is 12.8. The second-order valence-electron chi connectivity index (χ2n) is 2.77. The molecule has 0 aromatic rings. The van der Waals surface area contributed by atoms with Gasteiger partial charge in [-0.15, -0.1) is 6.42 Å². The van der Waals surface area contributed by atoms with Crippen molar-refractivity contribution in [2.45, 2.75) is 19.0 Å². The minimum Gasteiger partial charge on any atom is -0.449 e. The molecule has 0 aliphatic carbocycles. The zero-order chi connectivity index (χ0) is 12.1. The van der Waals surface area contributed by atoms with E-state index in [-0.39, 0.29) is 6.42 Å². The fourth-order valence-corrected chi connectivity index (χ4v) is 0.524. The van der Waals surface area contributed by atoms with E-state index in [1.807, 2.05) is 5.92 Å². The Balaban J connectivity index is 4.47. The van der Waals surface area contributed by atoms with Gasteiger partial charge in [0.2, 0.25) is 6.61 Å². The highest BCUT2D eigenvalue weighted by Gasteiger charge is 2.52. The minimum atomic E-state index is -2.54. The first-order chi connectivity index (χ1) is 6.84. The van der Waals surface area contributed by atoms with Gasteiger partial charge in [-0.25, -0.2) is 0 Å². The zero-order valence-corrected chi connectivity index (χ0v) is 7.84. The molecule has 0 fully saturated rings. The van der Waals surface area contributed by atoms with Gasteiger partial charge >= 0.3 is 11.6 Å². The van der Waals surface area contributed by atoms with Crippen LogP contribution in [0.4, 0.5) is 0 Å². The van der Waals surface area contributed by atoms with Gasteiger partial charge in [0.05, 0.1) is 6.92 Å². The Hall–Kier alpha value is -2.17. The van der Waals surface area contributed by atoms with Crippen molar-refractivity contribution in [3.63, 3.8) is 0 Å². The van der Waals surface area contributed by atoms with Crippen molar-refractivity contribution < 1.29 is 19.4 Å². The molecule has 0 bridgehead atoms. The molecule has 82 valence electrons. The highest BCUT2D eigenvalue weighted by molar-refractivity contribution is 5.72. The van der Waals surface area contributed by atoms with E-state index in [2.05, 4.69) is 4.74 Å². The SMILES string of the molecule is C#CCC(=O)OCC(C)([N+](=O)[O-])[N+](=O)[O-]. The van der Waals surface area contributed by atoms with Crippen LogP contribution >= 0.6 is 0 Å². The van der Waals surface area contributed by atoms with E-state index in [0.717, 1.165) is 6.92 Å². The predicted molar refractivity (Wildman–Crippen MR) is 46.8 cm³/mol. The number of esters is 1. The van der Waals surface area contributed by atoms with Gasteiger partial charge in [-0.2, -0.15) is 0 Å². The van der Waals surface area contributed by atoms with Crippen LogP contribution in [-0.4, -0.2) is 28.1 Å². The van der Waals surface area contributed by atoms with Crippen LogP contribution in [0.2, 0.25) is 0 Å². The number of carbonyl (C=O) groups excluding carboxylic acids is 1. The van der Waals surface area contributed by atoms with E-state index < -0.39 is 28.1 Å². The van der Waals surface area contributed by atoms with E-state index in [9.17, 15) is 25.0 Å². The number of nitrogens with zero attached hydrogens (tertiary/aromatic N) is 2. The van der Waals surface area contributed by atoms with Gasteiger partial charge in [-0.05, 0) is 0 Å². The van der Waals surface area contributed by atoms with Gasteiger partial charge in [-0.1, -0.05) is 5.92 Å². The lowest BCUT2D eigenvalue weighted by atomic mass is 10.2. The Kier molecular flexibility index (Phi) is 4.19. The summed E-state index contributed by atoms with van der Waals surface area (Å²) >= 11 is 0. The van der Waals surface area contributed by atoms with Gasteiger partial charge in [0, 0.05) is 0 Å². The Labute approximate surface area is 84.5 Å². The van der Waals surface area contributed by atoms with Gasteiger partial charge in [-0.3, -0.25) is 25.0 Å². The summed E-state index contributed by atoms with van der Waals surface area (Å²) in [7, 11) is 0. The van der Waals surface area contributed by atoms with Crippen molar-refractivity contribution in [3.05, 3.63) is 20.2 Å². The molecule has 0 atom stereocenters. The maximum atomic E-state index is 10.7. The summed E-state index contributed by atoms with van der Waals surface area (Å²) in [5, 5.41) is 20.7. The standard InChI is InChI=1S/C7H8N2O6/c1-3-4-6(10)15-5-7(2,8(11)12)9(13)14/h1H,4-5H2,2H3. The number of ether oxygens (including phenoxy) is 1. The maximum Gasteiger partial charge on any atom is 0.488 e. The summed E-state index contributed by atoms with van der Waals surface area (Å²) in [6.45, 7) is -0.205. The summed E-state index contributed by atoms with van der Waals surface area (Å²) in [5.74, 6) is 1.04. The fraction of sp³-hybridized carbons (Fsp3) is 0.571. The molecule has 8 heteroatoms. The van der Waals surface area contributed by atoms with E-state index in [1.54, 1.807) is 0 Å². The van der Waals surface area contributed by atoms with Gasteiger partial charge in [0.15, 0.2) is 0 Å². The molecule has 0 radical (unpaired) electrons. The average Bonchev–Trinajstić information content (AvgIpc) is 2.14. The average molecular weight is 216 g/mol. The summed E-state index contributed by atoms with van der Waals surface area (Å²) in [5.41, 5.74) is -2.54. The van der Waals surface area contributed by atoms with E-state index in [1.165, 1.54) is 0 Å². The largest absolute Gasteiger partial charge is 0.488 e. The highest BCUT2D eigenvalue weighted by atomic mass is 16.7. The molecule has 0 spiro atoms. The molecule has 0 rings (SSSR count). The smallest absolute Gasteiger partial charge is 0.449 e. The minimum absolute atomic E-state index is 0.383. The van der Waals surface area contributed by atoms with Crippen molar-refractivity contribution in [1.29, 1.82) is 0 Å². The van der Waals surface area contributed by atoms with Crippen LogP contribution in [-0.2, 0) is 9.53 Å². The molecule has 0 aromatic heterocycles. The lowest BCUT2D eigenvalue weighted by molar-refractivity contribution is -0.793. The van der Waals surface area contributed by atoms with Crippen LogP contribution in [0.15, 0.2) is 0 Å². The number of hydrogen-bond donors (Lipinski definition) is 0. The summed E-state index contributed by atoms with van der Waals surface area (Å²) in [6.07, 6.45) is 4.39. The third-order valence-electron chi connectivity index (χ3n) is 1.54. The Morgan fingerprint density at radius 2 is 1.93 bits per heavy atom. The maximum absolute atomic E-state index is 10.7. The lowest BCUT2D eigenvalue weighted by Gasteiger charge is -2.11. The zero-order valence-electron chi connectivity index (χ0n) is 7.84. The third kappa shape index (κ3) is 3.22. The molecular weight excluding hydrogens is 208 g/mol. The second kappa shape index (κ2) is 4.90. The van der Waals surface area contributed by atoms with Crippen LogP contribution in [0.5, 0.6) is 0 Å². The Morgan fingerprint density at radius 3 is 2.27 bits per heavy atom. The molecule has 8 nitrogen and oxygen atoms in total. The van der Waals surface area contributed by atoms with Crippen LogP contribution in [0.25, 0.3) is 0 Å². The fourth-order valence-electron chi connectivity index (χ4n) is 0.524. The van der Waals surface area contributed by atoms with Crippen LogP contribution < -0.4 is 0 Å². The summed E-state index contributed by atoms with van der Waals surface area (Å²) < 4.78 is 4.31. The number of carbonyl (C=O) groups is 1. The number of rotatable bonds is 5. The number of hydrogen-bond acceptors (Lipinski definition) is 6. The molecular formula is C7H8N2O6. The Morgan fingerprint density at radius 1 is 1.47 bits per heavy atom. The third-order valence-corrected chi connectivity index (χ3v) is 1.54. The van der Waals surface area contributed by atoms with Crippen LogP contribution in [0.3, 0.4) is 0 Å². The Bertz CT molecular complexity index is 317. The lowest BCUT2D eigenvalue weighted by Crippen LogP contribution is -2.47. The molecule has 0 unspecified atom stereocenters. The molecule has 0 N–H and O–H groups in total.